The number of anilines is 1. The standard InChI is InChI=1S/C12H15N3O2S/c1-9-7-8-10(2)15(9)14-11-5-3-4-6-12(11)18(13,16)17/h3-8,14H,1-2H3,(H2,13,16,17). The number of nitrogens with zero attached hydrogens (tertiary/aromatic N) is 1. The van der Waals surface area contributed by atoms with Crippen LogP contribution in [0.1, 0.15) is 11.4 Å². The fourth-order valence-corrected chi connectivity index (χ4v) is 2.46. The van der Waals surface area contributed by atoms with E-state index in [2.05, 4.69) is 5.43 Å². The second kappa shape index (κ2) is 4.47. The van der Waals surface area contributed by atoms with Gasteiger partial charge in [-0.25, -0.2) is 13.6 Å². The molecule has 2 rings (SSSR count). The highest BCUT2D eigenvalue weighted by atomic mass is 32.2. The summed E-state index contributed by atoms with van der Waals surface area (Å²) in [6, 6.07) is 10.4. The van der Waals surface area contributed by atoms with Crippen LogP contribution < -0.4 is 10.6 Å². The lowest BCUT2D eigenvalue weighted by Gasteiger charge is -2.15. The van der Waals surface area contributed by atoms with Crippen molar-refractivity contribution in [2.45, 2.75) is 18.7 Å². The van der Waals surface area contributed by atoms with E-state index in [1.54, 1.807) is 18.2 Å². The maximum Gasteiger partial charge on any atom is 0.240 e. The van der Waals surface area contributed by atoms with E-state index in [0.717, 1.165) is 11.4 Å². The highest BCUT2D eigenvalue weighted by molar-refractivity contribution is 7.89. The Kier molecular flexibility index (Phi) is 3.14. The van der Waals surface area contributed by atoms with Crippen LogP contribution in [-0.2, 0) is 10.0 Å². The molecule has 0 aliphatic rings. The van der Waals surface area contributed by atoms with Gasteiger partial charge in [0.05, 0.1) is 5.69 Å². The molecule has 1 aromatic carbocycles. The molecule has 0 aliphatic heterocycles. The maximum absolute atomic E-state index is 11.5. The Morgan fingerprint density at radius 2 is 1.61 bits per heavy atom. The number of hydrogen-bond donors (Lipinski definition) is 2. The summed E-state index contributed by atoms with van der Waals surface area (Å²) < 4.78 is 24.8. The van der Waals surface area contributed by atoms with Crippen molar-refractivity contribution in [3.05, 3.63) is 47.8 Å². The molecule has 0 spiro atoms. The minimum atomic E-state index is -3.74. The van der Waals surface area contributed by atoms with E-state index in [4.69, 9.17) is 5.14 Å². The van der Waals surface area contributed by atoms with Gasteiger partial charge in [-0.05, 0) is 38.1 Å². The van der Waals surface area contributed by atoms with E-state index in [9.17, 15) is 8.42 Å². The molecule has 0 saturated carbocycles. The summed E-state index contributed by atoms with van der Waals surface area (Å²) >= 11 is 0. The van der Waals surface area contributed by atoms with Gasteiger partial charge in [-0.15, -0.1) is 0 Å². The first kappa shape index (κ1) is 12.7. The van der Waals surface area contributed by atoms with Crippen LogP contribution in [-0.4, -0.2) is 13.1 Å². The maximum atomic E-state index is 11.5. The van der Waals surface area contributed by atoms with Crippen molar-refractivity contribution in [2.75, 3.05) is 5.43 Å². The average Bonchev–Trinajstić information content (AvgIpc) is 2.60. The Hall–Kier alpha value is -1.79. The van der Waals surface area contributed by atoms with E-state index >= 15 is 0 Å². The van der Waals surface area contributed by atoms with Crippen molar-refractivity contribution in [3.8, 4) is 0 Å². The summed E-state index contributed by atoms with van der Waals surface area (Å²) in [5.41, 5.74) is 5.48. The predicted octanol–water partition coefficient (Wildman–Crippen LogP) is 1.63. The van der Waals surface area contributed by atoms with Crippen LogP contribution in [0.4, 0.5) is 5.69 Å². The van der Waals surface area contributed by atoms with Gasteiger partial charge in [-0.2, -0.15) is 0 Å². The van der Waals surface area contributed by atoms with E-state index < -0.39 is 10.0 Å². The molecule has 0 fully saturated rings. The minimum absolute atomic E-state index is 0.0810. The van der Waals surface area contributed by atoms with Crippen LogP contribution in [0.5, 0.6) is 0 Å². The summed E-state index contributed by atoms with van der Waals surface area (Å²) in [4.78, 5) is 0.0810. The lowest BCUT2D eigenvalue weighted by Crippen LogP contribution is -2.18. The van der Waals surface area contributed by atoms with Crippen LogP contribution in [0.25, 0.3) is 0 Å². The van der Waals surface area contributed by atoms with Gasteiger partial charge in [0.2, 0.25) is 10.0 Å². The van der Waals surface area contributed by atoms with Gasteiger partial charge < -0.3 is 0 Å². The number of hydrogen-bond acceptors (Lipinski definition) is 3. The normalized spacial score (nSPS) is 11.5. The monoisotopic (exact) mass is 265 g/mol. The Balaban J connectivity index is 2.48. The number of aryl methyl sites for hydroxylation is 2. The number of benzene rings is 1. The van der Waals surface area contributed by atoms with Gasteiger partial charge in [0.25, 0.3) is 0 Å². The van der Waals surface area contributed by atoms with Gasteiger partial charge >= 0.3 is 0 Å². The zero-order valence-electron chi connectivity index (χ0n) is 10.2. The SMILES string of the molecule is Cc1ccc(C)n1Nc1ccccc1S(N)(=O)=O. The number of primary sulfonamides is 1. The lowest BCUT2D eigenvalue weighted by atomic mass is 10.3. The zero-order chi connectivity index (χ0) is 13.3. The van der Waals surface area contributed by atoms with Crippen molar-refractivity contribution in [1.29, 1.82) is 0 Å². The van der Waals surface area contributed by atoms with Crippen LogP contribution in [0.15, 0.2) is 41.3 Å². The van der Waals surface area contributed by atoms with Crippen molar-refractivity contribution < 1.29 is 8.42 Å². The molecule has 0 radical (unpaired) electrons. The Morgan fingerprint density at radius 1 is 1.06 bits per heavy atom. The highest BCUT2D eigenvalue weighted by Crippen LogP contribution is 2.20. The quantitative estimate of drug-likeness (QED) is 0.885. The predicted molar refractivity (Wildman–Crippen MR) is 70.7 cm³/mol. The molecule has 18 heavy (non-hydrogen) atoms. The Morgan fingerprint density at radius 3 is 2.17 bits per heavy atom. The van der Waals surface area contributed by atoms with Gasteiger partial charge in [-0.1, -0.05) is 12.1 Å². The second-order valence-corrected chi connectivity index (χ2v) is 5.63. The number of nitrogens with two attached hydrogens (primary N) is 1. The molecule has 96 valence electrons. The molecule has 0 aliphatic carbocycles. The van der Waals surface area contributed by atoms with E-state index in [0.29, 0.717) is 5.69 Å². The van der Waals surface area contributed by atoms with Crippen LogP contribution in [0.2, 0.25) is 0 Å². The van der Waals surface area contributed by atoms with Gasteiger partial charge in [0.15, 0.2) is 0 Å². The molecule has 0 amide bonds. The van der Waals surface area contributed by atoms with E-state index in [-0.39, 0.29) is 4.90 Å². The first-order valence-electron chi connectivity index (χ1n) is 5.43. The molecular weight excluding hydrogens is 250 g/mol. The third-order valence-corrected chi connectivity index (χ3v) is 3.67. The van der Waals surface area contributed by atoms with Crippen LogP contribution >= 0.6 is 0 Å². The fraction of sp³-hybridized carbons (Fsp3) is 0.167. The summed E-state index contributed by atoms with van der Waals surface area (Å²) in [6.07, 6.45) is 0. The third-order valence-electron chi connectivity index (χ3n) is 2.70. The third kappa shape index (κ3) is 2.39. The molecule has 0 bridgehead atoms. The molecule has 3 N–H and O–H groups in total. The first-order chi connectivity index (χ1) is 8.39. The molecule has 5 nitrogen and oxygen atoms in total. The molecule has 1 aromatic heterocycles. The topological polar surface area (TPSA) is 77.1 Å². The Labute approximate surface area is 106 Å². The number of sulfonamides is 1. The van der Waals surface area contributed by atoms with E-state index in [1.807, 2.05) is 30.7 Å². The molecule has 0 unspecified atom stereocenters. The van der Waals surface area contributed by atoms with Crippen molar-refractivity contribution in [2.24, 2.45) is 5.14 Å². The number of nitrogens with one attached hydrogen (secondary N) is 1. The van der Waals surface area contributed by atoms with Crippen LogP contribution in [0.3, 0.4) is 0 Å². The summed E-state index contributed by atoms with van der Waals surface area (Å²) in [7, 11) is -3.74. The number of aromatic nitrogens is 1. The van der Waals surface area contributed by atoms with Crippen molar-refractivity contribution >= 4 is 15.7 Å². The molecule has 2 aromatic rings. The van der Waals surface area contributed by atoms with Crippen molar-refractivity contribution in [1.82, 2.24) is 4.68 Å². The lowest BCUT2D eigenvalue weighted by molar-refractivity contribution is 0.598. The smallest absolute Gasteiger partial charge is 0.240 e. The number of para-hydroxylation sites is 1. The molecule has 1 heterocycles. The molecule has 0 saturated heterocycles. The first-order valence-corrected chi connectivity index (χ1v) is 6.98. The summed E-state index contributed by atoms with van der Waals surface area (Å²) in [5, 5.41) is 5.19. The molecular formula is C12H15N3O2S. The van der Waals surface area contributed by atoms with Crippen LogP contribution in [0, 0.1) is 13.8 Å². The average molecular weight is 265 g/mol. The largest absolute Gasteiger partial charge is 0.293 e. The fourth-order valence-electron chi connectivity index (χ4n) is 1.77. The van der Waals surface area contributed by atoms with Crippen molar-refractivity contribution in [3.63, 3.8) is 0 Å². The molecule has 6 heteroatoms. The van der Waals surface area contributed by atoms with Gasteiger partial charge in [-0.3, -0.25) is 10.1 Å². The van der Waals surface area contributed by atoms with E-state index in [1.165, 1.54) is 6.07 Å². The molecule has 0 atom stereocenters. The minimum Gasteiger partial charge on any atom is -0.293 e. The number of rotatable bonds is 3. The summed E-state index contributed by atoms with van der Waals surface area (Å²) in [5.74, 6) is 0. The zero-order valence-corrected chi connectivity index (χ0v) is 11.0. The van der Waals surface area contributed by atoms with Gasteiger partial charge in [0.1, 0.15) is 4.90 Å². The Bertz CT molecular complexity index is 655. The second-order valence-electron chi connectivity index (χ2n) is 4.10. The highest BCUT2D eigenvalue weighted by Gasteiger charge is 2.13. The van der Waals surface area contributed by atoms with Gasteiger partial charge in [0, 0.05) is 11.4 Å². The summed E-state index contributed by atoms with van der Waals surface area (Å²) in [6.45, 7) is 3.86.